The van der Waals surface area contributed by atoms with Gasteiger partial charge in [-0.15, -0.1) is 0 Å². The van der Waals surface area contributed by atoms with E-state index in [2.05, 4.69) is 5.10 Å². The van der Waals surface area contributed by atoms with Crippen molar-refractivity contribution in [1.29, 1.82) is 0 Å². The molecule has 5 nitrogen and oxygen atoms in total. The molecule has 0 aromatic carbocycles. The van der Waals surface area contributed by atoms with Crippen molar-refractivity contribution in [1.82, 2.24) is 9.78 Å². The van der Waals surface area contributed by atoms with Crippen LogP contribution in [0.15, 0.2) is 18.5 Å². The molecule has 2 rings (SSSR count). The van der Waals surface area contributed by atoms with Crippen LogP contribution in [0.2, 0.25) is 0 Å². The Kier molecular flexibility index (Phi) is 2.79. The summed E-state index contributed by atoms with van der Waals surface area (Å²) in [6.45, 7) is 0. The van der Waals surface area contributed by atoms with Gasteiger partial charge in [-0.2, -0.15) is 5.10 Å². The average Bonchev–Trinajstić information content (AvgIpc) is 2.69. The predicted molar refractivity (Wildman–Crippen MR) is 54.8 cm³/mol. The first-order chi connectivity index (χ1) is 7.07. The number of hydrogen-bond donors (Lipinski definition) is 0. The highest BCUT2D eigenvalue weighted by atomic mass is 32.2. The highest BCUT2D eigenvalue weighted by molar-refractivity contribution is 7.91. The maximum atomic E-state index is 11.3. The van der Waals surface area contributed by atoms with E-state index in [1.165, 1.54) is 6.26 Å². The first-order valence-electron chi connectivity index (χ1n) is 4.91. The predicted octanol–water partition coefficient (Wildman–Crippen LogP) is 0.953. The van der Waals surface area contributed by atoms with E-state index in [1.54, 1.807) is 23.1 Å². The zero-order chi connectivity index (χ0) is 10.9. The molecule has 2 heterocycles. The zero-order valence-corrected chi connectivity index (χ0v) is 9.35. The lowest BCUT2D eigenvalue weighted by Crippen LogP contribution is -2.31. The van der Waals surface area contributed by atoms with E-state index in [1.807, 2.05) is 0 Å². The topological polar surface area (TPSA) is 61.2 Å². The minimum absolute atomic E-state index is 0.242. The van der Waals surface area contributed by atoms with Crippen molar-refractivity contribution in [2.45, 2.75) is 30.9 Å². The molecule has 15 heavy (non-hydrogen) atoms. The SMILES string of the molecule is CS(=O)(=O)C1CCCC(n2cccn2)O1. The minimum atomic E-state index is -3.11. The fourth-order valence-corrected chi connectivity index (χ4v) is 2.66. The van der Waals surface area contributed by atoms with Gasteiger partial charge in [0.25, 0.3) is 0 Å². The maximum Gasteiger partial charge on any atom is 0.174 e. The van der Waals surface area contributed by atoms with Gasteiger partial charge in [0.1, 0.15) is 0 Å². The zero-order valence-electron chi connectivity index (χ0n) is 8.54. The van der Waals surface area contributed by atoms with Crippen molar-refractivity contribution in [3.8, 4) is 0 Å². The number of nitrogens with zero attached hydrogens (tertiary/aromatic N) is 2. The second kappa shape index (κ2) is 3.94. The van der Waals surface area contributed by atoms with Crippen molar-refractivity contribution in [2.24, 2.45) is 0 Å². The smallest absolute Gasteiger partial charge is 0.174 e. The maximum absolute atomic E-state index is 11.3. The van der Waals surface area contributed by atoms with Gasteiger partial charge in [0, 0.05) is 18.6 Å². The van der Waals surface area contributed by atoms with Crippen molar-refractivity contribution in [3.63, 3.8) is 0 Å². The van der Waals surface area contributed by atoms with Crippen LogP contribution in [-0.2, 0) is 14.6 Å². The van der Waals surface area contributed by atoms with Crippen LogP contribution in [0.4, 0.5) is 0 Å². The lowest BCUT2D eigenvalue weighted by Gasteiger charge is -2.28. The van der Waals surface area contributed by atoms with Gasteiger partial charge in [-0.05, 0) is 25.3 Å². The third kappa shape index (κ3) is 2.38. The Labute approximate surface area is 89.0 Å². The second-order valence-corrected chi connectivity index (χ2v) is 5.95. The molecule has 0 bridgehead atoms. The first kappa shape index (κ1) is 10.6. The summed E-state index contributed by atoms with van der Waals surface area (Å²) in [5.74, 6) is 0. The number of sulfone groups is 1. The summed E-state index contributed by atoms with van der Waals surface area (Å²) in [5, 5.41) is 4.05. The molecule has 0 saturated carbocycles. The fourth-order valence-electron chi connectivity index (χ4n) is 1.73. The second-order valence-electron chi connectivity index (χ2n) is 3.77. The van der Waals surface area contributed by atoms with Gasteiger partial charge in [-0.25, -0.2) is 13.1 Å². The Morgan fingerprint density at radius 2 is 2.27 bits per heavy atom. The Hall–Kier alpha value is -0.880. The summed E-state index contributed by atoms with van der Waals surface area (Å²) in [6, 6.07) is 1.80. The van der Waals surface area contributed by atoms with Crippen LogP contribution < -0.4 is 0 Å². The lowest BCUT2D eigenvalue weighted by molar-refractivity contribution is -0.0599. The van der Waals surface area contributed by atoms with Gasteiger partial charge in [-0.1, -0.05) is 0 Å². The minimum Gasteiger partial charge on any atom is -0.337 e. The van der Waals surface area contributed by atoms with Crippen molar-refractivity contribution < 1.29 is 13.2 Å². The molecule has 2 atom stereocenters. The molecule has 0 N–H and O–H groups in total. The standard InChI is InChI=1S/C9H14N2O3S/c1-15(12,13)9-5-2-4-8(14-9)11-7-3-6-10-11/h3,6-9H,2,4-5H2,1H3. The molecular weight excluding hydrogens is 216 g/mol. The van der Waals surface area contributed by atoms with Crippen LogP contribution in [-0.4, -0.2) is 29.9 Å². The van der Waals surface area contributed by atoms with Crippen LogP contribution in [0, 0.1) is 0 Å². The Morgan fingerprint density at radius 1 is 1.47 bits per heavy atom. The fraction of sp³-hybridized carbons (Fsp3) is 0.667. The van der Waals surface area contributed by atoms with Crippen LogP contribution in [0.1, 0.15) is 25.5 Å². The molecule has 2 unspecified atom stereocenters. The number of hydrogen-bond acceptors (Lipinski definition) is 4. The summed E-state index contributed by atoms with van der Waals surface area (Å²) >= 11 is 0. The Balaban J connectivity index is 2.12. The molecule has 0 radical (unpaired) electrons. The molecule has 1 fully saturated rings. The molecule has 84 valence electrons. The molecule has 1 aromatic heterocycles. The van der Waals surface area contributed by atoms with E-state index >= 15 is 0 Å². The highest BCUT2D eigenvalue weighted by Gasteiger charge is 2.30. The van der Waals surface area contributed by atoms with Crippen LogP contribution in [0.25, 0.3) is 0 Å². The van der Waals surface area contributed by atoms with Crippen molar-refractivity contribution in [3.05, 3.63) is 18.5 Å². The van der Waals surface area contributed by atoms with Gasteiger partial charge in [-0.3, -0.25) is 0 Å². The van der Waals surface area contributed by atoms with Crippen LogP contribution in [0.5, 0.6) is 0 Å². The lowest BCUT2D eigenvalue weighted by atomic mass is 10.2. The Morgan fingerprint density at radius 3 is 2.87 bits per heavy atom. The quantitative estimate of drug-likeness (QED) is 0.759. The summed E-state index contributed by atoms with van der Waals surface area (Å²) in [4.78, 5) is 0. The molecule has 1 saturated heterocycles. The third-order valence-electron chi connectivity index (χ3n) is 2.50. The number of rotatable bonds is 2. The van der Waals surface area contributed by atoms with Crippen molar-refractivity contribution >= 4 is 9.84 Å². The summed E-state index contributed by atoms with van der Waals surface area (Å²) in [7, 11) is -3.11. The van der Waals surface area contributed by atoms with Crippen molar-refractivity contribution in [2.75, 3.05) is 6.26 Å². The highest BCUT2D eigenvalue weighted by Crippen LogP contribution is 2.28. The molecule has 0 amide bonds. The summed E-state index contributed by atoms with van der Waals surface area (Å²) in [5.41, 5.74) is -0.680. The van der Waals surface area contributed by atoms with E-state index in [0.29, 0.717) is 6.42 Å². The Bertz CT molecular complexity index is 413. The summed E-state index contributed by atoms with van der Waals surface area (Å²) < 4.78 is 29.9. The van der Waals surface area contributed by atoms with Gasteiger partial charge in [0.15, 0.2) is 21.5 Å². The normalized spacial score (nSPS) is 27.8. The van der Waals surface area contributed by atoms with E-state index < -0.39 is 15.3 Å². The number of ether oxygens (including phenoxy) is 1. The molecule has 0 aliphatic carbocycles. The van der Waals surface area contributed by atoms with Gasteiger partial charge >= 0.3 is 0 Å². The van der Waals surface area contributed by atoms with Gasteiger partial charge in [0.05, 0.1) is 0 Å². The largest absolute Gasteiger partial charge is 0.337 e. The molecule has 1 aliphatic rings. The molecular formula is C9H14N2O3S. The van der Waals surface area contributed by atoms with E-state index in [9.17, 15) is 8.42 Å². The van der Waals surface area contributed by atoms with Crippen LogP contribution in [0.3, 0.4) is 0 Å². The monoisotopic (exact) mass is 230 g/mol. The average molecular weight is 230 g/mol. The van der Waals surface area contributed by atoms with Gasteiger partial charge < -0.3 is 4.74 Å². The summed E-state index contributed by atoms with van der Waals surface area (Å²) in [6.07, 6.45) is 6.66. The third-order valence-corrected chi connectivity index (χ3v) is 3.80. The number of aromatic nitrogens is 2. The van der Waals surface area contributed by atoms with E-state index in [-0.39, 0.29) is 6.23 Å². The molecule has 0 spiro atoms. The molecule has 1 aromatic rings. The van der Waals surface area contributed by atoms with Gasteiger partial charge in [0.2, 0.25) is 0 Å². The molecule has 1 aliphatic heterocycles. The van der Waals surface area contributed by atoms with E-state index in [4.69, 9.17) is 4.74 Å². The first-order valence-corrected chi connectivity index (χ1v) is 6.86. The van der Waals surface area contributed by atoms with E-state index in [0.717, 1.165) is 12.8 Å². The molecule has 6 heteroatoms. The van der Waals surface area contributed by atoms with Crippen LogP contribution >= 0.6 is 0 Å².